The first-order valence-corrected chi connectivity index (χ1v) is 7.62. The number of hydrogen-bond donors (Lipinski definition) is 2. The van der Waals surface area contributed by atoms with E-state index in [1.807, 2.05) is 0 Å². The fraction of sp³-hybridized carbons (Fsp3) is 0.867. The molecule has 0 aromatic rings. The zero-order valence-electron chi connectivity index (χ0n) is 12.9. The summed E-state index contributed by atoms with van der Waals surface area (Å²) in [6.45, 7) is 4.74. The average molecular weight is 284 g/mol. The van der Waals surface area contributed by atoms with Gasteiger partial charge in [-0.15, -0.1) is 0 Å². The molecular formula is C15H28N2O3. The van der Waals surface area contributed by atoms with Gasteiger partial charge in [0.05, 0.1) is 5.92 Å². The molecule has 5 nitrogen and oxygen atoms in total. The van der Waals surface area contributed by atoms with Gasteiger partial charge in [-0.25, -0.2) is 4.79 Å². The first kappa shape index (κ1) is 16.8. The van der Waals surface area contributed by atoms with Gasteiger partial charge in [-0.1, -0.05) is 33.1 Å². The van der Waals surface area contributed by atoms with E-state index in [0.717, 1.165) is 6.42 Å². The molecule has 0 aromatic heterocycles. The van der Waals surface area contributed by atoms with E-state index in [0.29, 0.717) is 6.54 Å². The van der Waals surface area contributed by atoms with Crippen molar-refractivity contribution in [1.82, 2.24) is 10.2 Å². The van der Waals surface area contributed by atoms with Crippen LogP contribution in [0.15, 0.2) is 0 Å². The van der Waals surface area contributed by atoms with Gasteiger partial charge in [-0.05, 0) is 24.7 Å². The van der Waals surface area contributed by atoms with E-state index in [1.54, 1.807) is 14.0 Å². The third kappa shape index (κ3) is 4.69. The second kappa shape index (κ2) is 7.50. The molecule has 2 N–H and O–H groups in total. The summed E-state index contributed by atoms with van der Waals surface area (Å²) in [5.74, 6) is -1.41. The zero-order valence-corrected chi connectivity index (χ0v) is 12.9. The second-order valence-electron chi connectivity index (χ2n) is 6.19. The molecule has 1 unspecified atom stereocenters. The topological polar surface area (TPSA) is 69.6 Å². The number of nitrogens with zero attached hydrogens (tertiary/aromatic N) is 1. The molecule has 0 bridgehead atoms. The van der Waals surface area contributed by atoms with Gasteiger partial charge in [0.15, 0.2) is 0 Å². The Balaban J connectivity index is 2.43. The van der Waals surface area contributed by atoms with Crippen LogP contribution in [0.25, 0.3) is 0 Å². The normalized spacial score (nSPS) is 19.1. The van der Waals surface area contributed by atoms with Crippen molar-refractivity contribution in [2.75, 3.05) is 20.1 Å². The third-order valence-corrected chi connectivity index (χ3v) is 4.59. The van der Waals surface area contributed by atoms with Crippen molar-refractivity contribution >= 4 is 12.0 Å². The second-order valence-corrected chi connectivity index (χ2v) is 6.19. The number of carbonyl (C=O) groups is 2. The first-order chi connectivity index (χ1) is 9.40. The highest BCUT2D eigenvalue weighted by Gasteiger charge is 2.31. The standard InChI is InChI=1S/C15H28N2O3/c1-4-15(8-6-5-7-9-15)11-16-14(20)17(3)10-12(2)13(18)19/h12H,4-11H2,1-3H3,(H,16,20)(H,18,19). The molecule has 0 aromatic carbocycles. The molecule has 116 valence electrons. The van der Waals surface area contributed by atoms with Gasteiger partial charge in [0.1, 0.15) is 0 Å². The Kier molecular flexibility index (Phi) is 6.30. The summed E-state index contributed by atoms with van der Waals surface area (Å²) < 4.78 is 0. The number of aliphatic carboxylic acids is 1. The Hall–Kier alpha value is -1.26. The molecule has 1 aliphatic carbocycles. The highest BCUT2D eigenvalue weighted by Crippen LogP contribution is 2.38. The fourth-order valence-electron chi connectivity index (χ4n) is 2.93. The number of hydrogen-bond acceptors (Lipinski definition) is 2. The number of amides is 2. The molecule has 0 saturated heterocycles. The Bertz CT molecular complexity index is 338. The van der Waals surface area contributed by atoms with Crippen LogP contribution in [0.3, 0.4) is 0 Å². The van der Waals surface area contributed by atoms with Crippen LogP contribution in [0, 0.1) is 11.3 Å². The summed E-state index contributed by atoms with van der Waals surface area (Å²) in [4.78, 5) is 24.3. The van der Waals surface area contributed by atoms with E-state index in [1.165, 1.54) is 37.0 Å². The van der Waals surface area contributed by atoms with Gasteiger partial charge in [0, 0.05) is 20.1 Å². The minimum atomic E-state index is -0.873. The molecule has 2 amide bonds. The lowest BCUT2D eigenvalue weighted by atomic mass is 9.72. The van der Waals surface area contributed by atoms with Gasteiger partial charge in [-0.3, -0.25) is 4.79 Å². The summed E-state index contributed by atoms with van der Waals surface area (Å²) in [6, 6.07) is -0.170. The molecule has 5 heteroatoms. The molecule has 0 spiro atoms. The van der Waals surface area contributed by atoms with Crippen LogP contribution < -0.4 is 5.32 Å². The van der Waals surface area contributed by atoms with Crippen LogP contribution in [0.2, 0.25) is 0 Å². The van der Waals surface area contributed by atoms with Gasteiger partial charge in [0.25, 0.3) is 0 Å². The van der Waals surface area contributed by atoms with Gasteiger partial charge >= 0.3 is 12.0 Å². The molecule has 1 aliphatic rings. The Morgan fingerprint density at radius 1 is 1.30 bits per heavy atom. The maximum absolute atomic E-state index is 12.0. The third-order valence-electron chi connectivity index (χ3n) is 4.59. The molecule has 0 heterocycles. The van der Waals surface area contributed by atoms with E-state index >= 15 is 0 Å². The molecule has 0 radical (unpaired) electrons. The molecule has 20 heavy (non-hydrogen) atoms. The molecule has 0 aliphatic heterocycles. The molecular weight excluding hydrogens is 256 g/mol. The lowest BCUT2D eigenvalue weighted by molar-refractivity contribution is -0.141. The van der Waals surface area contributed by atoms with Crippen LogP contribution in [0.4, 0.5) is 4.79 Å². The first-order valence-electron chi connectivity index (χ1n) is 7.62. The van der Waals surface area contributed by atoms with E-state index in [-0.39, 0.29) is 18.0 Å². The lowest BCUT2D eigenvalue weighted by Crippen LogP contribution is -2.45. The fourth-order valence-corrected chi connectivity index (χ4v) is 2.93. The van der Waals surface area contributed by atoms with Crippen molar-refractivity contribution < 1.29 is 14.7 Å². The molecule has 1 fully saturated rings. The van der Waals surface area contributed by atoms with Crippen LogP contribution >= 0.6 is 0 Å². The highest BCUT2D eigenvalue weighted by atomic mass is 16.4. The van der Waals surface area contributed by atoms with Crippen molar-refractivity contribution in [1.29, 1.82) is 0 Å². The summed E-state index contributed by atoms with van der Waals surface area (Å²) in [7, 11) is 1.65. The molecule has 1 rings (SSSR count). The van der Waals surface area contributed by atoms with Crippen molar-refractivity contribution in [2.45, 2.75) is 52.4 Å². The summed E-state index contributed by atoms with van der Waals surface area (Å²) in [5, 5.41) is 11.8. The summed E-state index contributed by atoms with van der Waals surface area (Å²) in [5.41, 5.74) is 0.243. The van der Waals surface area contributed by atoms with Crippen LogP contribution in [-0.4, -0.2) is 42.1 Å². The van der Waals surface area contributed by atoms with Gasteiger partial charge < -0.3 is 15.3 Å². The summed E-state index contributed by atoms with van der Waals surface area (Å²) >= 11 is 0. The molecule has 1 atom stereocenters. The summed E-state index contributed by atoms with van der Waals surface area (Å²) in [6.07, 6.45) is 7.23. The number of carbonyl (C=O) groups excluding carboxylic acids is 1. The Morgan fingerprint density at radius 3 is 2.40 bits per heavy atom. The maximum atomic E-state index is 12.0. The number of carboxylic acid groups (broad SMARTS) is 1. The zero-order chi connectivity index (χ0) is 15.2. The Labute approximate surface area is 121 Å². The predicted molar refractivity (Wildman–Crippen MR) is 78.6 cm³/mol. The number of carboxylic acids is 1. The van der Waals surface area contributed by atoms with Crippen molar-refractivity contribution in [3.8, 4) is 0 Å². The molecule has 1 saturated carbocycles. The smallest absolute Gasteiger partial charge is 0.317 e. The van der Waals surface area contributed by atoms with E-state index in [4.69, 9.17) is 5.11 Å². The minimum absolute atomic E-state index is 0.170. The highest BCUT2D eigenvalue weighted by molar-refractivity contribution is 5.75. The number of nitrogens with one attached hydrogen (secondary N) is 1. The van der Waals surface area contributed by atoms with Crippen LogP contribution in [0.1, 0.15) is 52.4 Å². The van der Waals surface area contributed by atoms with E-state index in [9.17, 15) is 9.59 Å². The maximum Gasteiger partial charge on any atom is 0.317 e. The van der Waals surface area contributed by atoms with Gasteiger partial charge in [0.2, 0.25) is 0 Å². The van der Waals surface area contributed by atoms with E-state index in [2.05, 4.69) is 12.2 Å². The monoisotopic (exact) mass is 284 g/mol. The van der Waals surface area contributed by atoms with Crippen LogP contribution in [-0.2, 0) is 4.79 Å². The average Bonchev–Trinajstić information content (AvgIpc) is 2.45. The van der Waals surface area contributed by atoms with Gasteiger partial charge in [-0.2, -0.15) is 0 Å². The van der Waals surface area contributed by atoms with E-state index < -0.39 is 11.9 Å². The predicted octanol–water partition coefficient (Wildman–Crippen LogP) is 2.71. The lowest BCUT2D eigenvalue weighted by Gasteiger charge is -2.37. The SMILES string of the molecule is CCC1(CNC(=O)N(C)CC(C)C(=O)O)CCCCC1. The van der Waals surface area contributed by atoms with Crippen molar-refractivity contribution in [2.24, 2.45) is 11.3 Å². The van der Waals surface area contributed by atoms with Crippen molar-refractivity contribution in [3.05, 3.63) is 0 Å². The largest absolute Gasteiger partial charge is 0.481 e. The van der Waals surface area contributed by atoms with Crippen molar-refractivity contribution in [3.63, 3.8) is 0 Å². The number of rotatable bonds is 6. The van der Waals surface area contributed by atoms with Crippen LogP contribution in [0.5, 0.6) is 0 Å². The quantitative estimate of drug-likeness (QED) is 0.788. The number of urea groups is 1. The Morgan fingerprint density at radius 2 is 1.90 bits per heavy atom. The minimum Gasteiger partial charge on any atom is -0.481 e.